The molecule has 5 N–H and O–H groups in total. The van der Waals surface area contributed by atoms with Crippen molar-refractivity contribution in [3.8, 4) is 5.75 Å². The zero-order valence-electron chi connectivity index (χ0n) is 16.4. The third-order valence-electron chi connectivity index (χ3n) is 4.74. The van der Waals surface area contributed by atoms with Gasteiger partial charge in [0.1, 0.15) is 10.6 Å². The lowest BCUT2D eigenvalue weighted by Crippen LogP contribution is -2.22. The van der Waals surface area contributed by atoms with Gasteiger partial charge in [-0.2, -0.15) is 8.42 Å². The highest BCUT2D eigenvalue weighted by molar-refractivity contribution is 7.87. The molecule has 1 fully saturated rings. The lowest BCUT2D eigenvalue weighted by atomic mass is 10.3. The Morgan fingerprint density at radius 3 is 2.65 bits per heavy atom. The van der Waals surface area contributed by atoms with Gasteiger partial charge in [0.05, 0.1) is 23.7 Å². The Balaban J connectivity index is 1.45. The number of amides is 1. The Hall–Kier alpha value is -3.15. The Morgan fingerprint density at radius 1 is 1.23 bits per heavy atom. The molecule has 0 aliphatic heterocycles. The highest BCUT2D eigenvalue weighted by Crippen LogP contribution is 2.30. The number of aliphatic hydroxyl groups excluding tert-OH is 2. The minimum absolute atomic E-state index is 0.0390. The summed E-state index contributed by atoms with van der Waals surface area (Å²) >= 11 is 0. The average Bonchev–Trinajstić information content (AvgIpc) is 3.53. The molecule has 0 radical (unpaired) electrons. The van der Waals surface area contributed by atoms with Crippen molar-refractivity contribution < 1.29 is 27.6 Å². The Bertz CT molecular complexity index is 1190. The van der Waals surface area contributed by atoms with Crippen LogP contribution in [0.5, 0.6) is 5.75 Å². The zero-order valence-corrected chi connectivity index (χ0v) is 17.2. The molecule has 1 heterocycles. The van der Waals surface area contributed by atoms with Crippen LogP contribution in [-0.4, -0.2) is 53.8 Å². The first-order chi connectivity index (χ1) is 14.8. The average molecular weight is 446 g/mol. The number of imidazole rings is 1. The molecule has 4 rings (SSSR count). The maximum atomic E-state index is 12.6. The van der Waals surface area contributed by atoms with Crippen LogP contribution in [0.1, 0.15) is 12.8 Å². The fourth-order valence-electron chi connectivity index (χ4n) is 2.88. The van der Waals surface area contributed by atoms with E-state index in [2.05, 4.69) is 20.6 Å². The maximum absolute atomic E-state index is 12.6. The highest BCUT2D eigenvalue weighted by Gasteiger charge is 2.30. The number of hydrogen-bond donors (Lipinski definition) is 5. The van der Waals surface area contributed by atoms with Gasteiger partial charge < -0.3 is 24.7 Å². The molecule has 1 saturated carbocycles. The van der Waals surface area contributed by atoms with Crippen LogP contribution in [0.15, 0.2) is 47.4 Å². The molecule has 0 bridgehead atoms. The standard InChI is InChI=1S/C20H22N4O6S/c25-11-14(26)10-21-13-3-6-16(7-4-13)31(28,29)30-15-5-8-17-18(9-15)23-20(22-17)24-19(27)12-1-2-12/h3-9,12,14,21,25-26H,1-2,10-11H2,(H2,22,23,24,27). The molecular formula is C20H22N4O6S. The number of nitrogens with zero attached hydrogens (tertiary/aromatic N) is 1. The van der Waals surface area contributed by atoms with Crippen LogP contribution in [0, 0.1) is 5.92 Å². The molecule has 1 aliphatic rings. The fourth-order valence-corrected chi connectivity index (χ4v) is 3.80. The molecule has 1 unspecified atom stereocenters. The molecule has 1 aliphatic carbocycles. The van der Waals surface area contributed by atoms with E-state index < -0.39 is 16.2 Å². The van der Waals surface area contributed by atoms with Gasteiger partial charge in [-0.25, -0.2) is 4.98 Å². The van der Waals surface area contributed by atoms with E-state index in [1.165, 1.54) is 36.4 Å². The highest BCUT2D eigenvalue weighted by atomic mass is 32.2. The molecule has 2 aromatic carbocycles. The molecule has 11 heteroatoms. The summed E-state index contributed by atoms with van der Waals surface area (Å²) in [6.07, 6.45) is 0.847. The first kappa shape index (κ1) is 21.1. The van der Waals surface area contributed by atoms with E-state index in [4.69, 9.17) is 9.29 Å². The predicted molar refractivity (Wildman–Crippen MR) is 113 cm³/mol. The van der Waals surface area contributed by atoms with Gasteiger partial charge in [-0.15, -0.1) is 0 Å². The van der Waals surface area contributed by atoms with Gasteiger partial charge in [-0.05, 0) is 49.2 Å². The summed E-state index contributed by atoms with van der Waals surface area (Å²) in [5.74, 6) is 0.367. The minimum Gasteiger partial charge on any atom is -0.394 e. The summed E-state index contributed by atoms with van der Waals surface area (Å²) in [6.45, 7) is -0.241. The molecule has 31 heavy (non-hydrogen) atoms. The first-order valence-corrected chi connectivity index (χ1v) is 11.1. The summed E-state index contributed by atoms with van der Waals surface area (Å²) in [6, 6.07) is 10.4. The van der Waals surface area contributed by atoms with Gasteiger partial charge in [-0.3, -0.25) is 10.1 Å². The molecule has 1 amide bonds. The van der Waals surface area contributed by atoms with E-state index in [9.17, 15) is 18.3 Å². The Morgan fingerprint density at radius 2 is 1.97 bits per heavy atom. The molecular weight excluding hydrogens is 424 g/mol. The number of aromatic amines is 1. The number of carbonyl (C=O) groups is 1. The number of H-pyrrole nitrogens is 1. The number of carbonyl (C=O) groups excluding carboxylic acids is 1. The van der Waals surface area contributed by atoms with E-state index >= 15 is 0 Å². The van der Waals surface area contributed by atoms with Crippen LogP contribution >= 0.6 is 0 Å². The van der Waals surface area contributed by atoms with Gasteiger partial charge in [0.2, 0.25) is 11.9 Å². The Kier molecular flexibility index (Phi) is 5.81. The monoisotopic (exact) mass is 446 g/mol. The summed E-state index contributed by atoms with van der Waals surface area (Å²) in [5, 5.41) is 23.8. The van der Waals surface area contributed by atoms with Gasteiger partial charge in [0.15, 0.2) is 0 Å². The number of fused-ring (bicyclic) bond motifs is 1. The molecule has 1 atom stereocenters. The molecule has 10 nitrogen and oxygen atoms in total. The summed E-state index contributed by atoms with van der Waals surface area (Å²) < 4.78 is 30.4. The number of hydrogen-bond acceptors (Lipinski definition) is 8. The zero-order chi connectivity index (χ0) is 22.0. The van der Waals surface area contributed by atoms with Crippen LogP contribution in [0.4, 0.5) is 11.6 Å². The van der Waals surface area contributed by atoms with Crippen molar-refractivity contribution in [2.45, 2.75) is 23.8 Å². The fraction of sp³-hybridized carbons (Fsp3) is 0.300. The van der Waals surface area contributed by atoms with Crippen LogP contribution in [0.3, 0.4) is 0 Å². The van der Waals surface area contributed by atoms with Crippen LogP contribution in [0.2, 0.25) is 0 Å². The third kappa shape index (κ3) is 5.13. The van der Waals surface area contributed by atoms with Crippen LogP contribution in [-0.2, 0) is 14.9 Å². The summed E-state index contributed by atoms with van der Waals surface area (Å²) in [5.41, 5.74) is 1.68. The number of aromatic nitrogens is 2. The number of anilines is 2. The SMILES string of the molecule is O=C(Nc1nc2ccc(OS(=O)(=O)c3ccc(NCC(O)CO)cc3)cc2[nH]1)C1CC1. The quantitative estimate of drug-likeness (QED) is 0.310. The van der Waals surface area contributed by atoms with Gasteiger partial charge in [0.25, 0.3) is 0 Å². The van der Waals surface area contributed by atoms with Crippen LogP contribution < -0.4 is 14.8 Å². The van der Waals surface area contributed by atoms with Crippen LogP contribution in [0.25, 0.3) is 11.0 Å². The predicted octanol–water partition coefficient (Wildman–Crippen LogP) is 1.44. The lowest BCUT2D eigenvalue weighted by molar-refractivity contribution is -0.117. The molecule has 0 saturated heterocycles. The van der Waals surface area contributed by atoms with Gasteiger partial charge in [0, 0.05) is 24.2 Å². The second-order valence-corrected chi connectivity index (χ2v) is 8.85. The topological polar surface area (TPSA) is 154 Å². The van der Waals surface area contributed by atoms with Crippen molar-refractivity contribution in [2.24, 2.45) is 5.92 Å². The molecule has 3 aromatic rings. The lowest BCUT2D eigenvalue weighted by Gasteiger charge is -2.11. The van der Waals surface area contributed by atoms with E-state index in [0.29, 0.717) is 22.7 Å². The van der Waals surface area contributed by atoms with Gasteiger partial charge >= 0.3 is 10.1 Å². The number of benzene rings is 2. The van der Waals surface area contributed by atoms with Crippen molar-refractivity contribution in [3.63, 3.8) is 0 Å². The normalized spacial score (nSPS) is 14.9. The third-order valence-corrected chi connectivity index (χ3v) is 6.01. The van der Waals surface area contributed by atoms with Crippen molar-refractivity contribution >= 4 is 38.7 Å². The smallest absolute Gasteiger partial charge is 0.339 e. The second-order valence-electron chi connectivity index (χ2n) is 7.31. The van der Waals surface area contributed by atoms with Gasteiger partial charge in [-0.1, -0.05) is 0 Å². The molecule has 0 spiro atoms. The Labute approximate surface area is 178 Å². The number of nitrogens with one attached hydrogen (secondary N) is 3. The summed E-state index contributed by atoms with van der Waals surface area (Å²) in [4.78, 5) is 19.1. The first-order valence-electron chi connectivity index (χ1n) is 9.72. The number of aliphatic hydroxyl groups is 2. The van der Waals surface area contributed by atoms with E-state index in [0.717, 1.165) is 12.8 Å². The largest absolute Gasteiger partial charge is 0.394 e. The second kappa shape index (κ2) is 8.53. The van der Waals surface area contributed by atoms with Crippen molar-refractivity contribution in [3.05, 3.63) is 42.5 Å². The summed E-state index contributed by atoms with van der Waals surface area (Å²) in [7, 11) is -4.07. The molecule has 1 aromatic heterocycles. The number of rotatable bonds is 9. The van der Waals surface area contributed by atoms with Crippen molar-refractivity contribution in [2.75, 3.05) is 23.8 Å². The minimum atomic E-state index is -4.07. The van der Waals surface area contributed by atoms with E-state index in [1.54, 1.807) is 6.07 Å². The maximum Gasteiger partial charge on any atom is 0.339 e. The van der Waals surface area contributed by atoms with E-state index in [1.807, 2.05) is 0 Å². The van der Waals surface area contributed by atoms with Crippen molar-refractivity contribution in [1.82, 2.24) is 9.97 Å². The molecule has 164 valence electrons. The van der Waals surface area contributed by atoms with Crippen molar-refractivity contribution in [1.29, 1.82) is 0 Å². The van der Waals surface area contributed by atoms with E-state index in [-0.39, 0.29) is 35.6 Å².